The molecule has 0 saturated carbocycles. The topological polar surface area (TPSA) is 50.7 Å². The van der Waals surface area contributed by atoms with Crippen LogP contribution in [0.15, 0.2) is 18.2 Å². The van der Waals surface area contributed by atoms with E-state index in [0.717, 1.165) is 5.56 Å². The minimum absolute atomic E-state index is 0.00376. The Balaban J connectivity index is 2.83. The van der Waals surface area contributed by atoms with Gasteiger partial charge in [0.05, 0.1) is 13.7 Å². The fourth-order valence-electron chi connectivity index (χ4n) is 1.82. The number of methoxy groups -OCH3 is 1. The van der Waals surface area contributed by atoms with E-state index in [1.165, 1.54) is 0 Å². The van der Waals surface area contributed by atoms with E-state index in [-0.39, 0.29) is 19.3 Å². The van der Waals surface area contributed by atoms with Gasteiger partial charge in [-0.25, -0.2) is 0 Å². The van der Waals surface area contributed by atoms with Crippen molar-refractivity contribution in [3.05, 3.63) is 23.8 Å². The number of ether oxygens (including phenoxy) is 2. The first-order valence-electron chi connectivity index (χ1n) is 6.26. The van der Waals surface area contributed by atoms with Crippen LogP contribution >= 0.6 is 0 Å². The first-order chi connectivity index (χ1) is 8.58. The lowest BCUT2D eigenvalue weighted by Gasteiger charge is -2.19. The summed E-state index contributed by atoms with van der Waals surface area (Å²) in [5.74, 6) is 1.35. The van der Waals surface area contributed by atoms with Gasteiger partial charge in [-0.05, 0) is 24.6 Å². The fraction of sp³-hybridized carbons (Fsp3) is 0.571. The molecule has 1 aromatic rings. The lowest BCUT2D eigenvalue weighted by atomic mass is 10.1. The van der Waals surface area contributed by atoms with E-state index in [1.807, 2.05) is 18.2 Å². The Morgan fingerprint density at radius 3 is 2.50 bits per heavy atom. The zero-order valence-electron chi connectivity index (χ0n) is 11.6. The van der Waals surface area contributed by atoms with Crippen LogP contribution in [0.1, 0.15) is 32.4 Å². The molecule has 1 rings (SSSR count). The van der Waals surface area contributed by atoms with Crippen molar-refractivity contribution in [2.24, 2.45) is 0 Å². The number of aliphatic hydroxyl groups is 1. The van der Waals surface area contributed by atoms with Gasteiger partial charge in [0.2, 0.25) is 0 Å². The van der Waals surface area contributed by atoms with Gasteiger partial charge in [-0.15, -0.1) is 0 Å². The average molecular weight is 253 g/mol. The summed E-state index contributed by atoms with van der Waals surface area (Å²) in [7, 11) is 1.62. The van der Waals surface area contributed by atoms with Gasteiger partial charge in [0, 0.05) is 12.1 Å². The molecule has 18 heavy (non-hydrogen) atoms. The summed E-state index contributed by atoms with van der Waals surface area (Å²) < 4.78 is 10.7. The zero-order chi connectivity index (χ0) is 13.5. The van der Waals surface area contributed by atoms with Crippen molar-refractivity contribution in [3.8, 4) is 11.5 Å². The number of hydrogen-bond acceptors (Lipinski definition) is 4. The van der Waals surface area contributed by atoms with Crippen LogP contribution in [0.4, 0.5) is 0 Å². The van der Waals surface area contributed by atoms with Crippen LogP contribution in [0.25, 0.3) is 0 Å². The summed E-state index contributed by atoms with van der Waals surface area (Å²) in [5, 5.41) is 12.2. The minimum Gasteiger partial charge on any atom is -0.493 e. The van der Waals surface area contributed by atoms with E-state index in [2.05, 4.69) is 26.1 Å². The normalized spacial score (nSPS) is 12.6. The first-order valence-corrected chi connectivity index (χ1v) is 6.26. The van der Waals surface area contributed by atoms with E-state index in [9.17, 15) is 0 Å². The number of aliphatic hydroxyl groups excluding tert-OH is 1. The Morgan fingerprint density at radius 1 is 1.22 bits per heavy atom. The molecule has 102 valence electrons. The van der Waals surface area contributed by atoms with Gasteiger partial charge in [-0.1, -0.05) is 19.9 Å². The lowest BCUT2D eigenvalue weighted by Crippen LogP contribution is -2.26. The molecule has 0 heterocycles. The smallest absolute Gasteiger partial charge is 0.161 e. The van der Waals surface area contributed by atoms with Gasteiger partial charge in [-0.3, -0.25) is 0 Å². The van der Waals surface area contributed by atoms with Crippen molar-refractivity contribution in [1.82, 2.24) is 5.32 Å². The Kier molecular flexibility index (Phi) is 5.95. The van der Waals surface area contributed by atoms with Crippen molar-refractivity contribution in [2.45, 2.75) is 32.9 Å². The third-order valence-corrected chi connectivity index (χ3v) is 2.62. The van der Waals surface area contributed by atoms with Crippen LogP contribution in [0.5, 0.6) is 11.5 Å². The number of benzene rings is 1. The highest BCUT2D eigenvalue weighted by Crippen LogP contribution is 2.30. The second kappa shape index (κ2) is 7.24. The molecule has 0 aliphatic rings. The molecule has 0 aromatic heterocycles. The maximum atomic E-state index is 8.76. The van der Waals surface area contributed by atoms with Gasteiger partial charge >= 0.3 is 0 Å². The molecule has 0 aliphatic heterocycles. The Labute approximate surface area is 109 Å². The van der Waals surface area contributed by atoms with E-state index < -0.39 is 0 Å². The number of rotatable bonds is 7. The summed E-state index contributed by atoms with van der Waals surface area (Å²) in [6.45, 7) is 6.62. The van der Waals surface area contributed by atoms with Crippen molar-refractivity contribution >= 4 is 0 Å². The molecule has 0 radical (unpaired) electrons. The van der Waals surface area contributed by atoms with Crippen LogP contribution < -0.4 is 14.8 Å². The van der Waals surface area contributed by atoms with E-state index in [0.29, 0.717) is 17.5 Å². The van der Waals surface area contributed by atoms with E-state index in [1.54, 1.807) is 7.11 Å². The molecular weight excluding hydrogens is 230 g/mol. The third kappa shape index (κ3) is 4.20. The molecular formula is C14H23NO3. The van der Waals surface area contributed by atoms with Crippen LogP contribution in [0.3, 0.4) is 0 Å². The molecule has 0 aliphatic carbocycles. The maximum Gasteiger partial charge on any atom is 0.161 e. The molecule has 1 atom stereocenters. The van der Waals surface area contributed by atoms with Crippen molar-refractivity contribution in [3.63, 3.8) is 0 Å². The van der Waals surface area contributed by atoms with Crippen LogP contribution in [0.2, 0.25) is 0 Å². The van der Waals surface area contributed by atoms with Gasteiger partial charge in [-0.2, -0.15) is 0 Å². The highest BCUT2D eigenvalue weighted by atomic mass is 16.5. The summed E-state index contributed by atoms with van der Waals surface area (Å²) in [6.07, 6.45) is 0. The minimum atomic E-state index is -0.00376. The summed E-state index contributed by atoms with van der Waals surface area (Å²) in [4.78, 5) is 0. The predicted octanol–water partition coefficient (Wildman–Crippen LogP) is 2.13. The van der Waals surface area contributed by atoms with Crippen molar-refractivity contribution in [2.75, 3.05) is 20.3 Å². The molecule has 2 N–H and O–H groups in total. The molecule has 0 amide bonds. The molecule has 4 heteroatoms. The van der Waals surface area contributed by atoms with Crippen LogP contribution in [0, 0.1) is 0 Å². The summed E-state index contributed by atoms with van der Waals surface area (Å²) in [6, 6.07) is 6.53. The van der Waals surface area contributed by atoms with Crippen LogP contribution in [-0.4, -0.2) is 31.5 Å². The summed E-state index contributed by atoms with van der Waals surface area (Å²) in [5.41, 5.74) is 1.15. The fourth-order valence-corrected chi connectivity index (χ4v) is 1.82. The highest BCUT2D eigenvalue weighted by molar-refractivity contribution is 5.43. The second-order valence-corrected chi connectivity index (χ2v) is 4.53. The molecule has 0 spiro atoms. The van der Waals surface area contributed by atoms with Crippen LogP contribution in [-0.2, 0) is 0 Å². The zero-order valence-corrected chi connectivity index (χ0v) is 11.6. The number of hydrogen-bond donors (Lipinski definition) is 2. The standard InChI is InChI=1S/C14H23NO3/c1-10(2)15-11(3)12-5-6-13(18-8-7-16)14(9-12)17-4/h5-6,9-11,15-16H,7-8H2,1-4H3. The Hall–Kier alpha value is -1.26. The third-order valence-electron chi connectivity index (χ3n) is 2.62. The van der Waals surface area contributed by atoms with Gasteiger partial charge in [0.1, 0.15) is 6.61 Å². The Bertz CT molecular complexity index is 366. The second-order valence-electron chi connectivity index (χ2n) is 4.53. The monoisotopic (exact) mass is 253 g/mol. The SMILES string of the molecule is COc1cc(C(C)NC(C)C)ccc1OCCO. The predicted molar refractivity (Wildman–Crippen MR) is 72.3 cm³/mol. The molecule has 4 nitrogen and oxygen atoms in total. The highest BCUT2D eigenvalue weighted by Gasteiger charge is 2.11. The molecule has 1 unspecified atom stereocenters. The van der Waals surface area contributed by atoms with E-state index >= 15 is 0 Å². The molecule has 0 saturated heterocycles. The molecule has 1 aromatic carbocycles. The van der Waals surface area contributed by atoms with Crippen molar-refractivity contribution < 1.29 is 14.6 Å². The maximum absolute atomic E-state index is 8.76. The lowest BCUT2D eigenvalue weighted by molar-refractivity contribution is 0.196. The van der Waals surface area contributed by atoms with Crippen molar-refractivity contribution in [1.29, 1.82) is 0 Å². The van der Waals surface area contributed by atoms with Gasteiger partial charge < -0.3 is 19.9 Å². The number of nitrogens with one attached hydrogen (secondary N) is 1. The average Bonchev–Trinajstić information content (AvgIpc) is 2.35. The molecule has 0 fully saturated rings. The summed E-state index contributed by atoms with van der Waals surface area (Å²) >= 11 is 0. The first kappa shape index (κ1) is 14.8. The van der Waals surface area contributed by atoms with E-state index in [4.69, 9.17) is 14.6 Å². The Morgan fingerprint density at radius 2 is 1.94 bits per heavy atom. The quantitative estimate of drug-likeness (QED) is 0.781. The van der Waals surface area contributed by atoms with Gasteiger partial charge in [0.15, 0.2) is 11.5 Å². The molecule has 0 bridgehead atoms. The largest absolute Gasteiger partial charge is 0.493 e. The van der Waals surface area contributed by atoms with Gasteiger partial charge in [0.25, 0.3) is 0 Å².